The van der Waals surface area contributed by atoms with Gasteiger partial charge >= 0.3 is 0 Å². The van der Waals surface area contributed by atoms with Gasteiger partial charge in [0.15, 0.2) is 18.9 Å². The molecule has 0 atom stereocenters. The first-order chi connectivity index (χ1) is 11.4. The highest BCUT2D eigenvalue weighted by molar-refractivity contribution is 5.69. The molecule has 3 aromatic rings. The molecule has 0 bridgehead atoms. The molecule has 0 radical (unpaired) electrons. The molecule has 1 heterocycles. The summed E-state index contributed by atoms with van der Waals surface area (Å²) in [4.78, 5) is 0. The number of benzene rings is 2. The monoisotopic (exact) mass is 302 g/mol. The van der Waals surface area contributed by atoms with E-state index in [2.05, 4.69) is 41.0 Å². The first-order valence-electron chi connectivity index (χ1n) is 7.80. The van der Waals surface area contributed by atoms with Crippen LogP contribution in [0.3, 0.4) is 0 Å². The predicted octanol–water partition coefficient (Wildman–Crippen LogP) is 4.22. The van der Waals surface area contributed by atoms with Gasteiger partial charge in [-0.1, -0.05) is 60.7 Å². The molecule has 0 amide bonds. The van der Waals surface area contributed by atoms with E-state index in [0.29, 0.717) is 6.61 Å². The second-order valence-electron chi connectivity index (χ2n) is 5.27. The summed E-state index contributed by atoms with van der Waals surface area (Å²) in [5, 5.41) is 0. The number of pyridine rings is 1. The lowest BCUT2D eigenvalue weighted by Gasteiger charge is -2.04. The van der Waals surface area contributed by atoms with Crippen molar-refractivity contribution >= 4 is 12.2 Å². The molecule has 0 aliphatic rings. The van der Waals surface area contributed by atoms with Crippen LogP contribution < -0.4 is 9.30 Å². The average Bonchev–Trinajstić information content (AvgIpc) is 2.63. The third-order valence-electron chi connectivity index (χ3n) is 3.54. The number of hydrogen-bond acceptors (Lipinski definition) is 1. The van der Waals surface area contributed by atoms with E-state index in [0.717, 1.165) is 12.3 Å². The van der Waals surface area contributed by atoms with Crippen molar-refractivity contribution in [2.24, 2.45) is 0 Å². The molecule has 0 unspecified atom stereocenters. The fourth-order valence-electron chi connectivity index (χ4n) is 2.28. The van der Waals surface area contributed by atoms with Gasteiger partial charge in [-0.3, -0.25) is 0 Å². The molecule has 2 nitrogen and oxygen atoms in total. The summed E-state index contributed by atoms with van der Waals surface area (Å²) in [5.41, 5.74) is 2.37. The van der Waals surface area contributed by atoms with Crippen molar-refractivity contribution in [2.45, 2.75) is 6.54 Å². The van der Waals surface area contributed by atoms with E-state index in [9.17, 15) is 0 Å². The fourth-order valence-corrected chi connectivity index (χ4v) is 2.28. The van der Waals surface area contributed by atoms with Crippen molar-refractivity contribution in [3.63, 3.8) is 0 Å². The van der Waals surface area contributed by atoms with Gasteiger partial charge < -0.3 is 4.74 Å². The molecule has 0 N–H and O–H groups in total. The molecule has 0 saturated carbocycles. The normalized spacial score (nSPS) is 10.8. The zero-order chi connectivity index (χ0) is 15.7. The van der Waals surface area contributed by atoms with Crippen LogP contribution in [-0.4, -0.2) is 6.61 Å². The van der Waals surface area contributed by atoms with Crippen LogP contribution in [0.5, 0.6) is 5.75 Å². The highest BCUT2D eigenvalue weighted by atomic mass is 16.5. The third kappa shape index (κ3) is 4.82. The molecular formula is C21H20NO+. The van der Waals surface area contributed by atoms with E-state index in [1.54, 1.807) is 0 Å². The van der Waals surface area contributed by atoms with E-state index in [1.807, 2.05) is 60.9 Å². The Balaban J connectivity index is 1.52. The van der Waals surface area contributed by atoms with E-state index < -0.39 is 0 Å². The molecule has 0 fully saturated rings. The highest BCUT2D eigenvalue weighted by Gasteiger charge is 1.99. The summed E-state index contributed by atoms with van der Waals surface area (Å²) in [6.07, 6.45) is 8.31. The standard InChI is InChI=1S/C21H20NO/c1-3-7-19(8-4-1)9-10-20-11-13-21(14-12-20)23-18-17-22-15-5-2-6-16-22/h1-16H,17-18H2/q+1. The van der Waals surface area contributed by atoms with Gasteiger partial charge in [0.25, 0.3) is 0 Å². The van der Waals surface area contributed by atoms with Crippen LogP contribution in [0.1, 0.15) is 11.1 Å². The zero-order valence-electron chi connectivity index (χ0n) is 13.0. The van der Waals surface area contributed by atoms with Crippen LogP contribution in [0.25, 0.3) is 12.2 Å². The van der Waals surface area contributed by atoms with Gasteiger partial charge in [-0.05, 0) is 23.3 Å². The van der Waals surface area contributed by atoms with Crippen LogP contribution in [0, 0.1) is 0 Å². The van der Waals surface area contributed by atoms with Crippen LogP contribution in [0.4, 0.5) is 0 Å². The number of hydrogen-bond donors (Lipinski definition) is 0. The topological polar surface area (TPSA) is 13.1 Å². The van der Waals surface area contributed by atoms with Crippen LogP contribution in [0.2, 0.25) is 0 Å². The van der Waals surface area contributed by atoms with Gasteiger partial charge in [0, 0.05) is 12.1 Å². The maximum atomic E-state index is 5.78. The molecule has 0 spiro atoms. The maximum absolute atomic E-state index is 5.78. The minimum absolute atomic E-state index is 0.661. The van der Waals surface area contributed by atoms with Crippen molar-refractivity contribution in [1.29, 1.82) is 0 Å². The number of nitrogens with zero attached hydrogens (tertiary/aromatic N) is 1. The van der Waals surface area contributed by atoms with Crippen molar-refractivity contribution in [3.8, 4) is 5.75 Å². The Labute approximate surface area is 137 Å². The Morgan fingerprint density at radius 3 is 2.00 bits per heavy atom. The van der Waals surface area contributed by atoms with E-state index in [-0.39, 0.29) is 0 Å². The summed E-state index contributed by atoms with van der Waals surface area (Å²) < 4.78 is 7.89. The summed E-state index contributed by atoms with van der Waals surface area (Å²) in [7, 11) is 0. The molecule has 3 rings (SSSR count). The smallest absolute Gasteiger partial charge is 0.182 e. The van der Waals surface area contributed by atoms with Crippen LogP contribution >= 0.6 is 0 Å². The van der Waals surface area contributed by atoms with Gasteiger partial charge in [-0.15, -0.1) is 0 Å². The first-order valence-corrected chi connectivity index (χ1v) is 7.80. The van der Waals surface area contributed by atoms with Crippen molar-refractivity contribution < 1.29 is 9.30 Å². The quantitative estimate of drug-likeness (QED) is 0.491. The minimum Gasteiger partial charge on any atom is -0.487 e. The van der Waals surface area contributed by atoms with Crippen molar-refractivity contribution in [3.05, 3.63) is 96.3 Å². The lowest BCUT2D eigenvalue weighted by molar-refractivity contribution is -0.697. The van der Waals surface area contributed by atoms with Crippen LogP contribution in [-0.2, 0) is 6.54 Å². The van der Waals surface area contributed by atoms with Gasteiger partial charge in [-0.25, -0.2) is 4.57 Å². The van der Waals surface area contributed by atoms with Gasteiger partial charge in [0.05, 0.1) is 0 Å². The fraction of sp³-hybridized carbons (Fsp3) is 0.0952. The lowest BCUT2D eigenvalue weighted by Crippen LogP contribution is -2.35. The zero-order valence-corrected chi connectivity index (χ0v) is 13.0. The number of rotatable bonds is 6. The Hall–Kier alpha value is -2.87. The summed E-state index contributed by atoms with van der Waals surface area (Å²) in [5.74, 6) is 0.901. The Kier molecular flexibility index (Phi) is 5.20. The second kappa shape index (κ2) is 7.95. The largest absolute Gasteiger partial charge is 0.487 e. The summed E-state index contributed by atoms with van der Waals surface area (Å²) >= 11 is 0. The molecule has 0 aliphatic carbocycles. The van der Waals surface area contributed by atoms with Gasteiger partial charge in [0.2, 0.25) is 0 Å². The molecule has 2 aromatic carbocycles. The first kappa shape index (κ1) is 15.0. The Bertz CT molecular complexity index is 734. The van der Waals surface area contributed by atoms with Crippen molar-refractivity contribution in [2.75, 3.05) is 6.61 Å². The predicted molar refractivity (Wildman–Crippen MR) is 93.9 cm³/mol. The minimum atomic E-state index is 0.661. The Morgan fingerprint density at radius 2 is 1.30 bits per heavy atom. The SMILES string of the molecule is C(=Cc1ccc(OCC[n+]2ccccc2)cc1)c1ccccc1. The molecule has 114 valence electrons. The summed E-state index contributed by atoms with van der Waals surface area (Å²) in [6, 6.07) is 24.5. The second-order valence-corrected chi connectivity index (χ2v) is 5.27. The molecular weight excluding hydrogens is 282 g/mol. The maximum Gasteiger partial charge on any atom is 0.182 e. The molecule has 23 heavy (non-hydrogen) atoms. The number of ether oxygens (including phenoxy) is 1. The molecule has 1 aromatic heterocycles. The molecule has 0 saturated heterocycles. The highest BCUT2D eigenvalue weighted by Crippen LogP contribution is 2.14. The van der Waals surface area contributed by atoms with Crippen LogP contribution in [0.15, 0.2) is 85.2 Å². The lowest BCUT2D eigenvalue weighted by atomic mass is 10.1. The van der Waals surface area contributed by atoms with Crippen molar-refractivity contribution in [1.82, 2.24) is 0 Å². The van der Waals surface area contributed by atoms with E-state index in [1.165, 1.54) is 11.1 Å². The van der Waals surface area contributed by atoms with E-state index in [4.69, 9.17) is 4.74 Å². The Morgan fingerprint density at radius 1 is 0.696 bits per heavy atom. The average molecular weight is 302 g/mol. The molecule has 0 aliphatic heterocycles. The third-order valence-corrected chi connectivity index (χ3v) is 3.54. The van der Waals surface area contributed by atoms with Gasteiger partial charge in [0.1, 0.15) is 12.4 Å². The number of aromatic nitrogens is 1. The molecule has 2 heteroatoms. The summed E-state index contributed by atoms with van der Waals surface area (Å²) in [6.45, 7) is 1.50. The van der Waals surface area contributed by atoms with E-state index >= 15 is 0 Å². The van der Waals surface area contributed by atoms with Gasteiger partial charge in [-0.2, -0.15) is 0 Å².